The second-order valence-electron chi connectivity index (χ2n) is 7.78. The quantitative estimate of drug-likeness (QED) is 0.796. The first-order valence-corrected chi connectivity index (χ1v) is 9.86. The van der Waals surface area contributed by atoms with Crippen LogP contribution in [0.4, 0.5) is 13.2 Å². The minimum Gasteiger partial charge on any atom is -0.475 e. The normalized spacial score (nSPS) is 21.5. The molecule has 1 aromatic heterocycles. The second kappa shape index (κ2) is 9.57. The Morgan fingerprint density at radius 1 is 1.30 bits per heavy atom. The topological polar surface area (TPSA) is 62.7 Å². The highest BCUT2D eigenvalue weighted by molar-refractivity contribution is 5.73. The highest BCUT2D eigenvalue weighted by Crippen LogP contribution is 2.36. The van der Waals surface area contributed by atoms with Crippen molar-refractivity contribution >= 4 is 5.97 Å². The van der Waals surface area contributed by atoms with E-state index in [1.807, 2.05) is 18.5 Å². The SMILES string of the molecule is CC1CC(c2cccnc2)N(Cc2ccc3c(c2)COCC3)C1.O=C(O)C(F)(F)F. The summed E-state index contributed by atoms with van der Waals surface area (Å²) in [5.41, 5.74) is 5.58. The van der Waals surface area contributed by atoms with Gasteiger partial charge in [-0.25, -0.2) is 4.79 Å². The van der Waals surface area contributed by atoms with E-state index in [-0.39, 0.29) is 0 Å². The fourth-order valence-electron chi connectivity index (χ4n) is 3.98. The number of alkyl halides is 3. The van der Waals surface area contributed by atoms with Crippen LogP contribution in [0.25, 0.3) is 0 Å². The molecule has 2 aliphatic heterocycles. The number of benzene rings is 1. The number of ether oxygens (including phenoxy) is 1. The van der Waals surface area contributed by atoms with Crippen LogP contribution < -0.4 is 0 Å². The molecule has 162 valence electrons. The molecule has 30 heavy (non-hydrogen) atoms. The monoisotopic (exact) mass is 422 g/mol. The highest BCUT2D eigenvalue weighted by atomic mass is 19.4. The van der Waals surface area contributed by atoms with Crippen molar-refractivity contribution in [2.75, 3.05) is 13.2 Å². The van der Waals surface area contributed by atoms with E-state index in [9.17, 15) is 13.2 Å². The van der Waals surface area contributed by atoms with Crippen molar-refractivity contribution < 1.29 is 27.8 Å². The standard InChI is InChI=1S/C20H24N2O.C2HF3O2/c1-15-9-20(18-3-2-7-21-11-18)22(12-15)13-16-4-5-17-6-8-23-14-19(17)10-16;3-2(4,5)1(6)7/h2-5,7,10-11,15,20H,6,8-9,12-14H2,1H3;(H,6,7). The highest BCUT2D eigenvalue weighted by Gasteiger charge is 2.38. The molecule has 1 saturated heterocycles. The van der Waals surface area contributed by atoms with E-state index >= 15 is 0 Å². The lowest BCUT2D eigenvalue weighted by Crippen LogP contribution is -2.23. The molecule has 2 atom stereocenters. The summed E-state index contributed by atoms with van der Waals surface area (Å²) in [4.78, 5) is 15.8. The Labute approximate surface area is 173 Å². The van der Waals surface area contributed by atoms with Crippen LogP contribution in [0.2, 0.25) is 0 Å². The molecule has 1 aromatic carbocycles. The van der Waals surface area contributed by atoms with E-state index in [1.165, 1.54) is 28.7 Å². The lowest BCUT2D eigenvalue weighted by molar-refractivity contribution is -0.192. The summed E-state index contributed by atoms with van der Waals surface area (Å²) in [6.07, 6.45) is 1.07. The number of hydrogen-bond acceptors (Lipinski definition) is 4. The summed E-state index contributed by atoms with van der Waals surface area (Å²) < 4.78 is 37.3. The van der Waals surface area contributed by atoms with Gasteiger partial charge in [-0.05, 0) is 47.1 Å². The van der Waals surface area contributed by atoms with Crippen molar-refractivity contribution in [3.8, 4) is 0 Å². The molecule has 0 spiro atoms. The predicted octanol–water partition coefficient (Wildman–Crippen LogP) is 4.37. The maximum absolute atomic E-state index is 10.6. The third-order valence-corrected chi connectivity index (χ3v) is 5.35. The zero-order chi connectivity index (χ0) is 21.7. The third-order valence-electron chi connectivity index (χ3n) is 5.35. The van der Waals surface area contributed by atoms with Gasteiger partial charge in [0.2, 0.25) is 0 Å². The van der Waals surface area contributed by atoms with Crippen molar-refractivity contribution in [1.29, 1.82) is 0 Å². The van der Waals surface area contributed by atoms with E-state index in [4.69, 9.17) is 14.6 Å². The van der Waals surface area contributed by atoms with Crippen LogP contribution in [0.1, 0.15) is 41.6 Å². The van der Waals surface area contributed by atoms with E-state index in [0.29, 0.717) is 6.04 Å². The number of fused-ring (bicyclic) bond motifs is 1. The van der Waals surface area contributed by atoms with Gasteiger partial charge >= 0.3 is 12.1 Å². The van der Waals surface area contributed by atoms with Gasteiger partial charge in [0.25, 0.3) is 0 Å². The van der Waals surface area contributed by atoms with Crippen LogP contribution in [0.5, 0.6) is 0 Å². The number of carboxylic acid groups (broad SMARTS) is 1. The maximum Gasteiger partial charge on any atom is 0.490 e. The Kier molecular flexibility index (Phi) is 7.10. The number of aromatic nitrogens is 1. The first-order valence-electron chi connectivity index (χ1n) is 9.86. The van der Waals surface area contributed by atoms with E-state index in [1.54, 1.807) is 0 Å². The molecule has 0 radical (unpaired) electrons. The van der Waals surface area contributed by atoms with E-state index in [2.05, 4.69) is 41.1 Å². The van der Waals surface area contributed by atoms with Gasteiger partial charge in [-0.15, -0.1) is 0 Å². The fourth-order valence-corrected chi connectivity index (χ4v) is 3.98. The van der Waals surface area contributed by atoms with Gasteiger partial charge in [0.05, 0.1) is 13.2 Å². The Bertz CT molecular complexity index is 858. The lowest BCUT2D eigenvalue weighted by atomic mass is 9.99. The molecule has 0 bridgehead atoms. The largest absolute Gasteiger partial charge is 0.490 e. The summed E-state index contributed by atoms with van der Waals surface area (Å²) in [5.74, 6) is -2.02. The van der Waals surface area contributed by atoms with E-state index < -0.39 is 12.1 Å². The molecule has 8 heteroatoms. The van der Waals surface area contributed by atoms with Gasteiger partial charge in [0.15, 0.2) is 0 Å². The number of halogens is 3. The summed E-state index contributed by atoms with van der Waals surface area (Å²) in [6.45, 7) is 6.15. The minimum atomic E-state index is -5.08. The van der Waals surface area contributed by atoms with Crippen LogP contribution in [0, 0.1) is 5.92 Å². The first kappa shape index (κ1) is 22.2. The molecule has 2 unspecified atom stereocenters. The Morgan fingerprint density at radius 3 is 2.73 bits per heavy atom. The molecule has 1 N–H and O–H groups in total. The summed E-state index contributed by atoms with van der Waals surface area (Å²) >= 11 is 0. The number of carbonyl (C=O) groups is 1. The Morgan fingerprint density at radius 2 is 2.07 bits per heavy atom. The molecule has 5 nitrogen and oxygen atoms in total. The minimum absolute atomic E-state index is 0.492. The Hall–Kier alpha value is -2.45. The van der Waals surface area contributed by atoms with Crippen LogP contribution in [0.3, 0.4) is 0 Å². The molecule has 0 saturated carbocycles. The van der Waals surface area contributed by atoms with Gasteiger partial charge in [-0.3, -0.25) is 9.88 Å². The van der Waals surface area contributed by atoms with Gasteiger partial charge in [0.1, 0.15) is 0 Å². The summed E-state index contributed by atoms with van der Waals surface area (Å²) in [7, 11) is 0. The van der Waals surface area contributed by atoms with Crippen molar-refractivity contribution in [2.24, 2.45) is 5.92 Å². The number of hydrogen-bond donors (Lipinski definition) is 1. The molecule has 3 heterocycles. The molecule has 2 aliphatic rings. The average molecular weight is 422 g/mol. The van der Waals surface area contributed by atoms with Crippen LogP contribution in [0.15, 0.2) is 42.7 Å². The number of likely N-dealkylation sites (tertiary alicyclic amines) is 1. The molecular formula is C22H25F3N2O3. The molecule has 0 aliphatic carbocycles. The van der Waals surface area contributed by atoms with Crippen molar-refractivity contribution in [1.82, 2.24) is 9.88 Å². The number of pyridine rings is 1. The zero-order valence-corrected chi connectivity index (χ0v) is 16.7. The summed E-state index contributed by atoms with van der Waals surface area (Å²) in [5, 5.41) is 7.12. The first-order chi connectivity index (χ1) is 14.2. The molecule has 1 fully saturated rings. The second-order valence-corrected chi connectivity index (χ2v) is 7.78. The molecule has 2 aromatic rings. The molecule has 4 rings (SSSR count). The Balaban J connectivity index is 0.000000318. The van der Waals surface area contributed by atoms with Gasteiger partial charge < -0.3 is 9.84 Å². The molecular weight excluding hydrogens is 397 g/mol. The fraction of sp³-hybridized carbons (Fsp3) is 0.455. The van der Waals surface area contributed by atoms with Crippen LogP contribution in [-0.2, 0) is 29.1 Å². The van der Waals surface area contributed by atoms with E-state index in [0.717, 1.165) is 38.6 Å². The lowest BCUT2D eigenvalue weighted by Gasteiger charge is -2.25. The smallest absolute Gasteiger partial charge is 0.475 e. The summed E-state index contributed by atoms with van der Waals surface area (Å²) in [6, 6.07) is 11.7. The van der Waals surface area contributed by atoms with Crippen LogP contribution >= 0.6 is 0 Å². The number of nitrogens with zero attached hydrogens (tertiary/aromatic N) is 2. The van der Waals surface area contributed by atoms with Crippen molar-refractivity contribution in [3.63, 3.8) is 0 Å². The van der Waals surface area contributed by atoms with Crippen molar-refractivity contribution in [3.05, 3.63) is 65.0 Å². The molecule has 0 amide bonds. The maximum atomic E-state index is 10.6. The van der Waals surface area contributed by atoms with Gasteiger partial charge in [0, 0.05) is 31.5 Å². The number of rotatable bonds is 3. The average Bonchev–Trinajstić information content (AvgIpc) is 3.08. The number of carboxylic acids is 1. The number of aliphatic carboxylic acids is 1. The van der Waals surface area contributed by atoms with Gasteiger partial charge in [-0.2, -0.15) is 13.2 Å². The van der Waals surface area contributed by atoms with Crippen LogP contribution in [-0.4, -0.2) is 40.3 Å². The predicted molar refractivity (Wildman–Crippen MR) is 105 cm³/mol. The van der Waals surface area contributed by atoms with Gasteiger partial charge in [-0.1, -0.05) is 31.2 Å². The zero-order valence-electron chi connectivity index (χ0n) is 16.7. The third kappa shape index (κ3) is 5.79. The van der Waals surface area contributed by atoms with Crippen molar-refractivity contribution in [2.45, 2.75) is 45.1 Å².